The van der Waals surface area contributed by atoms with E-state index in [9.17, 15) is 13.2 Å². The van der Waals surface area contributed by atoms with Crippen LogP contribution in [0.1, 0.15) is 25.7 Å². The molecule has 3 atom stereocenters. The molecule has 1 saturated carbocycles. The fraction of sp³-hybridized carbons (Fsp3) is 0.917. The Balaban J connectivity index is 0.00000400. The van der Waals surface area contributed by atoms with Crippen LogP contribution in [-0.2, 0) is 19.6 Å². The molecular weight excluding hydrogens is 318 g/mol. The minimum absolute atomic E-state index is 0. The quantitative estimate of drug-likeness (QED) is 0.555. The van der Waals surface area contributed by atoms with Crippen LogP contribution in [0, 0.1) is 5.92 Å². The topological polar surface area (TPSA) is 111 Å². The standard InChI is InChI=1S/C12H25N3O4S.ClH/c1-19-10(7-13)6-12(16)14-8-9-4-3-5-11(9)15-20(2,17)18;/h9-11,15H,3-8,13H2,1-2H3,(H,14,16);1H. The number of hydrogen-bond acceptors (Lipinski definition) is 5. The van der Waals surface area contributed by atoms with Gasteiger partial charge in [-0.2, -0.15) is 0 Å². The minimum atomic E-state index is -3.21. The van der Waals surface area contributed by atoms with Crippen LogP contribution in [0.2, 0.25) is 0 Å². The number of methoxy groups -OCH3 is 1. The van der Waals surface area contributed by atoms with E-state index in [0.717, 1.165) is 25.5 Å². The minimum Gasteiger partial charge on any atom is -0.380 e. The normalized spacial score (nSPS) is 23.4. The van der Waals surface area contributed by atoms with Crippen molar-refractivity contribution in [3.05, 3.63) is 0 Å². The molecule has 21 heavy (non-hydrogen) atoms. The molecule has 0 aromatic heterocycles. The maximum atomic E-state index is 11.7. The highest BCUT2D eigenvalue weighted by Crippen LogP contribution is 2.25. The van der Waals surface area contributed by atoms with Gasteiger partial charge in [0, 0.05) is 26.2 Å². The Morgan fingerprint density at radius 1 is 1.43 bits per heavy atom. The number of carbonyl (C=O) groups excluding carboxylic acids is 1. The molecule has 0 saturated heterocycles. The molecule has 0 aliphatic heterocycles. The number of carbonyl (C=O) groups is 1. The molecule has 7 nitrogen and oxygen atoms in total. The molecule has 0 spiro atoms. The highest BCUT2D eigenvalue weighted by Gasteiger charge is 2.29. The molecule has 1 aliphatic rings. The van der Waals surface area contributed by atoms with Crippen molar-refractivity contribution in [2.45, 2.75) is 37.8 Å². The third kappa shape index (κ3) is 7.96. The van der Waals surface area contributed by atoms with E-state index < -0.39 is 10.0 Å². The largest absolute Gasteiger partial charge is 0.380 e. The van der Waals surface area contributed by atoms with Crippen molar-refractivity contribution in [1.82, 2.24) is 10.0 Å². The molecule has 1 fully saturated rings. The first-order valence-corrected chi connectivity index (χ1v) is 8.71. The number of nitrogens with one attached hydrogen (secondary N) is 2. The number of nitrogens with two attached hydrogens (primary N) is 1. The third-order valence-electron chi connectivity index (χ3n) is 3.60. The van der Waals surface area contributed by atoms with Crippen LogP contribution in [0.3, 0.4) is 0 Å². The van der Waals surface area contributed by atoms with Crippen LogP contribution in [0.15, 0.2) is 0 Å². The van der Waals surface area contributed by atoms with Crippen LogP contribution >= 0.6 is 12.4 Å². The van der Waals surface area contributed by atoms with Gasteiger partial charge in [-0.05, 0) is 18.8 Å². The molecule has 0 aromatic rings. The summed E-state index contributed by atoms with van der Waals surface area (Å²) in [5.41, 5.74) is 5.46. The molecule has 1 amide bonds. The molecule has 9 heteroatoms. The highest BCUT2D eigenvalue weighted by atomic mass is 35.5. The van der Waals surface area contributed by atoms with Crippen LogP contribution in [0.25, 0.3) is 0 Å². The smallest absolute Gasteiger partial charge is 0.222 e. The van der Waals surface area contributed by atoms with E-state index in [0.29, 0.717) is 13.1 Å². The average Bonchev–Trinajstić information content (AvgIpc) is 2.78. The Labute approximate surface area is 132 Å². The molecule has 126 valence electrons. The summed E-state index contributed by atoms with van der Waals surface area (Å²) in [5.74, 6) is 0.0276. The molecule has 0 aromatic carbocycles. The summed E-state index contributed by atoms with van der Waals surface area (Å²) in [5, 5.41) is 2.83. The van der Waals surface area contributed by atoms with Gasteiger partial charge in [0.15, 0.2) is 0 Å². The lowest BCUT2D eigenvalue weighted by atomic mass is 10.0. The van der Waals surface area contributed by atoms with Gasteiger partial charge in [0.25, 0.3) is 0 Å². The van der Waals surface area contributed by atoms with E-state index >= 15 is 0 Å². The second-order valence-electron chi connectivity index (χ2n) is 5.29. The predicted molar refractivity (Wildman–Crippen MR) is 83.8 cm³/mol. The van der Waals surface area contributed by atoms with Crippen molar-refractivity contribution >= 4 is 28.3 Å². The van der Waals surface area contributed by atoms with E-state index in [1.165, 1.54) is 7.11 Å². The summed E-state index contributed by atoms with van der Waals surface area (Å²) in [7, 11) is -1.68. The molecule has 0 heterocycles. The molecular formula is C12H26ClN3O4S. The van der Waals surface area contributed by atoms with E-state index in [4.69, 9.17) is 10.5 Å². The zero-order chi connectivity index (χ0) is 15.2. The van der Waals surface area contributed by atoms with Crippen molar-refractivity contribution in [3.63, 3.8) is 0 Å². The molecule has 0 bridgehead atoms. The van der Waals surface area contributed by atoms with Crippen LogP contribution in [0.4, 0.5) is 0 Å². The Hall–Kier alpha value is -0.410. The van der Waals surface area contributed by atoms with Gasteiger partial charge in [0.2, 0.25) is 15.9 Å². The molecule has 4 N–H and O–H groups in total. The van der Waals surface area contributed by atoms with Gasteiger partial charge < -0.3 is 15.8 Å². The highest BCUT2D eigenvalue weighted by molar-refractivity contribution is 7.88. The summed E-state index contributed by atoms with van der Waals surface area (Å²) in [6.07, 6.45) is 3.81. The zero-order valence-electron chi connectivity index (χ0n) is 12.5. The van der Waals surface area contributed by atoms with E-state index in [1.54, 1.807) is 0 Å². The third-order valence-corrected chi connectivity index (χ3v) is 4.33. The lowest BCUT2D eigenvalue weighted by molar-refractivity contribution is -0.123. The number of sulfonamides is 1. The Kier molecular flexibility index (Phi) is 9.39. The number of ether oxygens (including phenoxy) is 1. The predicted octanol–water partition coefficient (Wildman–Crippen LogP) is -0.394. The average molecular weight is 344 g/mol. The lowest BCUT2D eigenvalue weighted by Crippen LogP contribution is -2.42. The van der Waals surface area contributed by atoms with E-state index in [1.807, 2.05) is 0 Å². The first-order chi connectivity index (χ1) is 9.35. The molecule has 0 radical (unpaired) electrons. The maximum Gasteiger partial charge on any atom is 0.222 e. The van der Waals surface area contributed by atoms with Gasteiger partial charge in [0.1, 0.15) is 0 Å². The summed E-state index contributed by atoms with van der Waals surface area (Å²) < 4.78 is 30.2. The van der Waals surface area contributed by atoms with Gasteiger partial charge in [-0.25, -0.2) is 13.1 Å². The summed E-state index contributed by atoms with van der Waals surface area (Å²) in [6.45, 7) is 0.776. The first kappa shape index (κ1) is 20.6. The van der Waals surface area contributed by atoms with E-state index in [-0.39, 0.29) is 42.8 Å². The second kappa shape index (κ2) is 9.58. The SMILES string of the molecule is COC(CN)CC(=O)NCC1CCCC1NS(C)(=O)=O.Cl. The van der Waals surface area contributed by atoms with Gasteiger partial charge in [0.05, 0.1) is 18.8 Å². The second-order valence-corrected chi connectivity index (χ2v) is 7.07. The molecule has 1 aliphatic carbocycles. The number of hydrogen-bond donors (Lipinski definition) is 3. The van der Waals surface area contributed by atoms with Crippen LogP contribution < -0.4 is 15.8 Å². The number of halogens is 1. The van der Waals surface area contributed by atoms with Crippen molar-refractivity contribution in [3.8, 4) is 0 Å². The van der Waals surface area contributed by atoms with Gasteiger partial charge >= 0.3 is 0 Å². The van der Waals surface area contributed by atoms with Crippen molar-refractivity contribution < 1.29 is 17.9 Å². The van der Waals surface area contributed by atoms with Gasteiger partial charge in [-0.3, -0.25) is 4.79 Å². The van der Waals surface area contributed by atoms with Crippen molar-refractivity contribution in [2.75, 3.05) is 26.5 Å². The number of rotatable bonds is 8. The zero-order valence-corrected chi connectivity index (χ0v) is 14.1. The fourth-order valence-corrected chi connectivity index (χ4v) is 3.36. The lowest BCUT2D eigenvalue weighted by Gasteiger charge is -2.21. The monoisotopic (exact) mass is 343 g/mol. The van der Waals surface area contributed by atoms with E-state index in [2.05, 4.69) is 10.0 Å². The Morgan fingerprint density at radius 2 is 2.10 bits per heavy atom. The summed E-state index contributed by atoms with van der Waals surface area (Å²) in [6, 6.07) is -0.0852. The Bertz CT molecular complexity index is 415. The van der Waals surface area contributed by atoms with Gasteiger partial charge in [-0.15, -0.1) is 12.4 Å². The fourth-order valence-electron chi connectivity index (χ4n) is 2.50. The van der Waals surface area contributed by atoms with Crippen molar-refractivity contribution in [1.29, 1.82) is 0 Å². The first-order valence-electron chi connectivity index (χ1n) is 6.82. The number of amides is 1. The van der Waals surface area contributed by atoms with Crippen LogP contribution in [-0.4, -0.2) is 52.9 Å². The Morgan fingerprint density at radius 3 is 2.62 bits per heavy atom. The maximum absolute atomic E-state index is 11.7. The summed E-state index contributed by atoms with van der Waals surface area (Å²) in [4.78, 5) is 11.7. The van der Waals surface area contributed by atoms with Gasteiger partial charge in [-0.1, -0.05) is 6.42 Å². The van der Waals surface area contributed by atoms with Crippen LogP contribution in [0.5, 0.6) is 0 Å². The molecule has 1 rings (SSSR count). The summed E-state index contributed by atoms with van der Waals surface area (Å²) >= 11 is 0. The van der Waals surface area contributed by atoms with Crippen molar-refractivity contribution in [2.24, 2.45) is 11.7 Å². The molecule has 3 unspecified atom stereocenters.